The highest BCUT2D eigenvalue weighted by atomic mass is 19.1. The van der Waals surface area contributed by atoms with Crippen LogP contribution in [0.15, 0.2) is 24.3 Å². The Bertz CT molecular complexity index is 540. The molecule has 0 radical (unpaired) electrons. The van der Waals surface area contributed by atoms with Crippen molar-refractivity contribution in [1.82, 2.24) is 10.2 Å². The molecule has 2 aliphatic rings. The lowest BCUT2D eigenvalue weighted by atomic mass is 10.1. The molecule has 0 spiro atoms. The SMILES string of the molecule is O=C(NCCc1ccc(F)cc1)[C@@H]1CC(=O)N(C2CC2)C1. The van der Waals surface area contributed by atoms with Crippen molar-refractivity contribution in [3.05, 3.63) is 35.6 Å². The molecule has 21 heavy (non-hydrogen) atoms. The number of hydrogen-bond acceptors (Lipinski definition) is 2. The van der Waals surface area contributed by atoms with Crippen molar-refractivity contribution in [3.8, 4) is 0 Å². The number of amides is 2. The second-order valence-electron chi connectivity index (χ2n) is 5.85. The second kappa shape index (κ2) is 5.84. The predicted octanol–water partition coefficient (Wildman–Crippen LogP) is 1.50. The summed E-state index contributed by atoms with van der Waals surface area (Å²) in [4.78, 5) is 25.7. The lowest BCUT2D eigenvalue weighted by molar-refractivity contribution is -0.129. The van der Waals surface area contributed by atoms with Crippen molar-refractivity contribution in [2.24, 2.45) is 5.92 Å². The van der Waals surface area contributed by atoms with Gasteiger partial charge in [0.05, 0.1) is 5.92 Å². The number of carbonyl (C=O) groups is 2. The Morgan fingerprint density at radius 2 is 2.00 bits per heavy atom. The summed E-state index contributed by atoms with van der Waals surface area (Å²) in [6, 6.07) is 6.65. The number of halogens is 1. The summed E-state index contributed by atoms with van der Waals surface area (Å²) in [5.74, 6) is -0.413. The molecule has 2 fully saturated rings. The molecule has 5 heteroatoms. The van der Waals surface area contributed by atoms with Gasteiger partial charge in [0.1, 0.15) is 5.82 Å². The monoisotopic (exact) mass is 290 g/mol. The van der Waals surface area contributed by atoms with E-state index < -0.39 is 0 Å². The lowest BCUT2D eigenvalue weighted by Gasteiger charge is -2.15. The minimum atomic E-state index is -0.257. The van der Waals surface area contributed by atoms with Crippen LogP contribution >= 0.6 is 0 Å². The maximum absolute atomic E-state index is 12.8. The predicted molar refractivity (Wildman–Crippen MR) is 76.0 cm³/mol. The first-order valence-corrected chi connectivity index (χ1v) is 7.45. The van der Waals surface area contributed by atoms with Crippen LogP contribution in [0, 0.1) is 11.7 Å². The minimum Gasteiger partial charge on any atom is -0.355 e. The van der Waals surface area contributed by atoms with Crippen molar-refractivity contribution in [3.63, 3.8) is 0 Å². The fraction of sp³-hybridized carbons (Fsp3) is 0.500. The van der Waals surface area contributed by atoms with Crippen LogP contribution in [0.4, 0.5) is 4.39 Å². The molecule has 1 atom stereocenters. The Morgan fingerprint density at radius 3 is 2.67 bits per heavy atom. The Balaban J connectivity index is 1.44. The number of rotatable bonds is 5. The highest BCUT2D eigenvalue weighted by Crippen LogP contribution is 2.32. The molecule has 1 saturated heterocycles. The molecule has 112 valence electrons. The highest BCUT2D eigenvalue weighted by Gasteiger charge is 2.41. The van der Waals surface area contributed by atoms with Gasteiger partial charge in [-0.25, -0.2) is 4.39 Å². The molecule has 1 saturated carbocycles. The number of nitrogens with one attached hydrogen (secondary N) is 1. The molecule has 1 N–H and O–H groups in total. The molecule has 1 aliphatic carbocycles. The Morgan fingerprint density at radius 1 is 1.29 bits per heavy atom. The number of nitrogens with zero attached hydrogens (tertiary/aromatic N) is 1. The van der Waals surface area contributed by atoms with Crippen LogP contribution in [-0.4, -0.2) is 35.8 Å². The van der Waals surface area contributed by atoms with Gasteiger partial charge >= 0.3 is 0 Å². The summed E-state index contributed by atoms with van der Waals surface area (Å²) in [5.41, 5.74) is 0.985. The topological polar surface area (TPSA) is 49.4 Å². The molecule has 1 aromatic carbocycles. The van der Waals surface area contributed by atoms with Crippen LogP contribution in [0.3, 0.4) is 0 Å². The van der Waals surface area contributed by atoms with Gasteiger partial charge in [-0.15, -0.1) is 0 Å². The molecule has 4 nitrogen and oxygen atoms in total. The van der Waals surface area contributed by atoms with E-state index in [1.54, 1.807) is 12.1 Å². The molecule has 0 aromatic heterocycles. The minimum absolute atomic E-state index is 0.0476. The van der Waals surface area contributed by atoms with E-state index in [0.29, 0.717) is 32.0 Å². The van der Waals surface area contributed by atoms with E-state index >= 15 is 0 Å². The number of carbonyl (C=O) groups excluding carboxylic acids is 2. The first kappa shape index (κ1) is 14.0. The van der Waals surface area contributed by atoms with Gasteiger partial charge in [-0.1, -0.05) is 12.1 Å². The Kier molecular flexibility index (Phi) is 3.90. The molecule has 1 heterocycles. The summed E-state index contributed by atoms with van der Waals surface area (Å²) in [6.45, 7) is 1.07. The van der Waals surface area contributed by atoms with Gasteiger partial charge in [0.2, 0.25) is 11.8 Å². The number of hydrogen-bond donors (Lipinski definition) is 1. The summed E-state index contributed by atoms with van der Waals surface area (Å²) in [5, 5.41) is 2.88. The van der Waals surface area contributed by atoms with Crippen LogP contribution in [0.25, 0.3) is 0 Å². The molecule has 0 bridgehead atoms. The van der Waals surface area contributed by atoms with Crippen LogP contribution in [0.1, 0.15) is 24.8 Å². The second-order valence-corrected chi connectivity index (χ2v) is 5.85. The Hall–Kier alpha value is -1.91. The maximum Gasteiger partial charge on any atom is 0.225 e. The van der Waals surface area contributed by atoms with E-state index in [9.17, 15) is 14.0 Å². The van der Waals surface area contributed by atoms with Gasteiger partial charge in [0.15, 0.2) is 0 Å². The number of likely N-dealkylation sites (tertiary alicyclic amines) is 1. The Labute approximate surface area is 123 Å². The van der Waals surface area contributed by atoms with Gasteiger partial charge in [0.25, 0.3) is 0 Å². The summed E-state index contributed by atoms with van der Waals surface area (Å²) in [7, 11) is 0. The zero-order valence-corrected chi connectivity index (χ0v) is 11.8. The van der Waals surface area contributed by atoms with Gasteiger partial charge in [-0.2, -0.15) is 0 Å². The first-order chi connectivity index (χ1) is 10.1. The summed E-state index contributed by atoms with van der Waals surface area (Å²) in [6.07, 6.45) is 3.15. The third-order valence-corrected chi connectivity index (χ3v) is 4.14. The van der Waals surface area contributed by atoms with E-state index in [1.165, 1.54) is 12.1 Å². The quantitative estimate of drug-likeness (QED) is 0.893. The van der Waals surface area contributed by atoms with Crippen LogP contribution in [-0.2, 0) is 16.0 Å². The summed E-state index contributed by atoms with van der Waals surface area (Å²) < 4.78 is 12.8. The van der Waals surface area contributed by atoms with E-state index in [4.69, 9.17) is 0 Å². The van der Waals surface area contributed by atoms with Gasteiger partial charge in [-0.05, 0) is 37.0 Å². The third kappa shape index (κ3) is 3.40. The van der Waals surface area contributed by atoms with E-state index in [2.05, 4.69) is 5.32 Å². The fourth-order valence-corrected chi connectivity index (χ4v) is 2.77. The molecule has 0 unspecified atom stereocenters. The van der Waals surface area contributed by atoms with E-state index in [1.807, 2.05) is 4.90 Å². The third-order valence-electron chi connectivity index (χ3n) is 4.14. The van der Waals surface area contributed by atoms with Crippen molar-refractivity contribution in [1.29, 1.82) is 0 Å². The average molecular weight is 290 g/mol. The summed E-state index contributed by atoms with van der Waals surface area (Å²) >= 11 is 0. The van der Waals surface area contributed by atoms with Crippen molar-refractivity contribution in [2.45, 2.75) is 31.7 Å². The molecule has 1 aliphatic heterocycles. The fourth-order valence-electron chi connectivity index (χ4n) is 2.77. The van der Waals surface area contributed by atoms with Gasteiger partial charge < -0.3 is 10.2 Å². The molecule has 2 amide bonds. The van der Waals surface area contributed by atoms with Crippen LogP contribution in [0.5, 0.6) is 0 Å². The van der Waals surface area contributed by atoms with E-state index in [0.717, 1.165) is 18.4 Å². The van der Waals surface area contributed by atoms with Gasteiger partial charge in [-0.3, -0.25) is 9.59 Å². The largest absolute Gasteiger partial charge is 0.355 e. The van der Waals surface area contributed by atoms with E-state index in [-0.39, 0.29) is 23.5 Å². The normalized spacial score (nSPS) is 21.7. The molecule has 3 rings (SSSR count). The first-order valence-electron chi connectivity index (χ1n) is 7.45. The average Bonchev–Trinajstić information content (AvgIpc) is 3.23. The van der Waals surface area contributed by atoms with Crippen LogP contribution < -0.4 is 5.32 Å². The smallest absolute Gasteiger partial charge is 0.225 e. The molecular formula is C16H19FN2O2. The molecule has 1 aromatic rings. The van der Waals surface area contributed by atoms with Crippen LogP contribution in [0.2, 0.25) is 0 Å². The van der Waals surface area contributed by atoms with Crippen molar-refractivity contribution >= 4 is 11.8 Å². The lowest BCUT2D eigenvalue weighted by Crippen LogP contribution is -2.34. The van der Waals surface area contributed by atoms with Crippen molar-refractivity contribution < 1.29 is 14.0 Å². The highest BCUT2D eigenvalue weighted by molar-refractivity contribution is 5.89. The standard InChI is InChI=1S/C16H19FN2O2/c17-13-3-1-11(2-4-13)7-8-18-16(21)12-9-15(20)19(10-12)14-5-6-14/h1-4,12,14H,5-10H2,(H,18,21)/t12-/m1/s1. The zero-order valence-electron chi connectivity index (χ0n) is 11.8. The maximum atomic E-state index is 12.8. The zero-order chi connectivity index (χ0) is 14.8. The van der Waals surface area contributed by atoms with Crippen molar-refractivity contribution in [2.75, 3.05) is 13.1 Å². The molecular weight excluding hydrogens is 271 g/mol. The number of benzene rings is 1. The van der Waals surface area contributed by atoms with Gasteiger partial charge in [0, 0.05) is 25.6 Å².